The van der Waals surface area contributed by atoms with Gasteiger partial charge in [0.15, 0.2) is 0 Å². The fraction of sp³-hybridized carbons (Fsp3) is 0.320. The van der Waals surface area contributed by atoms with Gasteiger partial charge in [-0.15, -0.1) is 5.10 Å². The van der Waals surface area contributed by atoms with Crippen molar-refractivity contribution in [2.24, 2.45) is 0 Å². The summed E-state index contributed by atoms with van der Waals surface area (Å²) in [6, 6.07) is 15.5. The van der Waals surface area contributed by atoms with Gasteiger partial charge in [0.05, 0.1) is 20.3 Å². The first kappa shape index (κ1) is 21.6. The standard InChI is InChI=1S/C25H27N3O4/c1-3-31-25(29)23-24(28(27-26-23)17-18-9-13-21(30-2)14-10-18)32-22-15-11-20(12-16-22)19-7-5-4-6-8-19/h7,9-16H,3-6,8,17H2,1-2H3. The molecule has 1 aromatic heterocycles. The van der Waals surface area contributed by atoms with Crippen LogP contribution in [-0.2, 0) is 11.3 Å². The largest absolute Gasteiger partial charge is 0.497 e. The van der Waals surface area contributed by atoms with Crippen molar-refractivity contribution in [2.75, 3.05) is 13.7 Å². The maximum absolute atomic E-state index is 12.4. The molecule has 7 nitrogen and oxygen atoms in total. The zero-order chi connectivity index (χ0) is 22.3. The molecule has 3 aromatic rings. The Morgan fingerprint density at radius 2 is 1.78 bits per heavy atom. The molecule has 0 atom stereocenters. The average molecular weight is 434 g/mol. The fourth-order valence-electron chi connectivity index (χ4n) is 3.69. The first-order valence-corrected chi connectivity index (χ1v) is 10.9. The first-order chi connectivity index (χ1) is 15.7. The number of ether oxygens (including phenoxy) is 3. The number of nitrogens with zero attached hydrogens (tertiary/aromatic N) is 3. The SMILES string of the molecule is CCOC(=O)c1nnn(Cc2ccc(OC)cc2)c1Oc1ccc(C2=CCCCC2)cc1. The van der Waals surface area contributed by atoms with Crippen LogP contribution in [0.2, 0.25) is 0 Å². The van der Waals surface area contributed by atoms with Gasteiger partial charge in [-0.25, -0.2) is 9.48 Å². The summed E-state index contributed by atoms with van der Waals surface area (Å²) in [4.78, 5) is 12.4. The summed E-state index contributed by atoms with van der Waals surface area (Å²) in [5.74, 6) is 1.06. The molecule has 4 rings (SSSR count). The molecule has 0 unspecified atom stereocenters. The molecule has 0 fully saturated rings. The van der Waals surface area contributed by atoms with E-state index in [-0.39, 0.29) is 18.2 Å². The van der Waals surface area contributed by atoms with Crippen LogP contribution in [0.5, 0.6) is 17.4 Å². The number of carbonyl (C=O) groups is 1. The normalized spacial score (nSPS) is 13.4. The van der Waals surface area contributed by atoms with Gasteiger partial charge < -0.3 is 14.2 Å². The van der Waals surface area contributed by atoms with Crippen LogP contribution in [-0.4, -0.2) is 34.7 Å². The van der Waals surface area contributed by atoms with Gasteiger partial charge in [0.2, 0.25) is 5.69 Å². The predicted octanol–water partition coefficient (Wildman–Crippen LogP) is 5.26. The zero-order valence-corrected chi connectivity index (χ0v) is 18.4. The molecule has 0 amide bonds. The lowest BCUT2D eigenvalue weighted by atomic mass is 9.94. The van der Waals surface area contributed by atoms with Crippen LogP contribution in [0.15, 0.2) is 54.6 Å². The summed E-state index contributed by atoms with van der Waals surface area (Å²) in [7, 11) is 1.63. The molecule has 1 aliphatic rings. The molecule has 1 heterocycles. The third kappa shape index (κ3) is 4.99. The van der Waals surface area contributed by atoms with Gasteiger partial charge in [-0.05, 0) is 73.6 Å². The summed E-state index contributed by atoms with van der Waals surface area (Å²) in [6.07, 6.45) is 7.03. The molecule has 0 saturated heterocycles. The van der Waals surface area contributed by atoms with Crippen LogP contribution in [0, 0.1) is 0 Å². The number of carbonyl (C=O) groups excluding carboxylic acids is 1. The second kappa shape index (κ2) is 10.1. The Hall–Kier alpha value is -3.61. The molecule has 0 saturated carbocycles. The Bertz CT molecular complexity index is 1090. The third-order valence-electron chi connectivity index (χ3n) is 5.38. The molecule has 1 aliphatic carbocycles. The lowest BCUT2D eigenvalue weighted by Gasteiger charge is -2.14. The van der Waals surface area contributed by atoms with E-state index in [0.717, 1.165) is 24.2 Å². The smallest absolute Gasteiger partial charge is 0.364 e. The van der Waals surface area contributed by atoms with Gasteiger partial charge >= 0.3 is 5.97 Å². The molecule has 7 heteroatoms. The number of hydrogen-bond donors (Lipinski definition) is 0. The van der Waals surface area contributed by atoms with E-state index < -0.39 is 5.97 Å². The highest BCUT2D eigenvalue weighted by molar-refractivity contribution is 5.89. The van der Waals surface area contributed by atoms with E-state index >= 15 is 0 Å². The van der Waals surface area contributed by atoms with Crippen LogP contribution < -0.4 is 9.47 Å². The number of benzene rings is 2. The summed E-state index contributed by atoms with van der Waals surface area (Å²) in [5.41, 5.74) is 3.60. The van der Waals surface area contributed by atoms with E-state index in [4.69, 9.17) is 14.2 Å². The van der Waals surface area contributed by atoms with Crippen molar-refractivity contribution in [3.63, 3.8) is 0 Å². The van der Waals surface area contributed by atoms with Gasteiger partial charge in [-0.2, -0.15) is 0 Å². The van der Waals surface area contributed by atoms with Crippen molar-refractivity contribution >= 4 is 11.5 Å². The monoisotopic (exact) mass is 433 g/mol. The Morgan fingerprint density at radius 3 is 2.44 bits per heavy atom. The zero-order valence-electron chi connectivity index (χ0n) is 18.4. The van der Waals surface area contributed by atoms with E-state index in [1.165, 1.54) is 24.0 Å². The Kier molecular flexibility index (Phi) is 6.84. The highest BCUT2D eigenvalue weighted by atomic mass is 16.5. The molecule has 32 heavy (non-hydrogen) atoms. The lowest BCUT2D eigenvalue weighted by Crippen LogP contribution is -2.09. The Balaban J connectivity index is 1.59. The molecular weight excluding hydrogens is 406 g/mol. The molecule has 166 valence electrons. The third-order valence-corrected chi connectivity index (χ3v) is 5.38. The number of rotatable bonds is 8. The molecular formula is C25H27N3O4. The van der Waals surface area contributed by atoms with Crippen LogP contribution >= 0.6 is 0 Å². The minimum absolute atomic E-state index is 0.0550. The van der Waals surface area contributed by atoms with Gasteiger partial charge in [0.25, 0.3) is 5.88 Å². The summed E-state index contributed by atoms with van der Waals surface area (Å²) in [6.45, 7) is 2.38. The number of allylic oxidation sites excluding steroid dienone is 2. The number of aromatic nitrogens is 3. The first-order valence-electron chi connectivity index (χ1n) is 10.9. The maximum atomic E-state index is 12.4. The van der Waals surface area contributed by atoms with Gasteiger partial charge in [-0.1, -0.05) is 35.6 Å². The number of methoxy groups -OCH3 is 1. The van der Waals surface area contributed by atoms with Crippen molar-refractivity contribution in [1.29, 1.82) is 0 Å². The summed E-state index contributed by atoms with van der Waals surface area (Å²) < 4.78 is 18.0. The van der Waals surface area contributed by atoms with Crippen molar-refractivity contribution in [1.82, 2.24) is 15.0 Å². The summed E-state index contributed by atoms with van der Waals surface area (Å²) in [5, 5.41) is 8.18. The average Bonchev–Trinajstić information content (AvgIpc) is 3.23. The minimum Gasteiger partial charge on any atom is -0.497 e. The molecule has 2 aromatic carbocycles. The van der Waals surface area contributed by atoms with E-state index in [0.29, 0.717) is 12.3 Å². The van der Waals surface area contributed by atoms with Crippen molar-refractivity contribution in [3.8, 4) is 17.4 Å². The van der Waals surface area contributed by atoms with Gasteiger partial charge in [-0.3, -0.25) is 0 Å². The second-order valence-electron chi connectivity index (χ2n) is 7.57. The van der Waals surface area contributed by atoms with Crippen LogP contribution in [0.25, 0.3) is 5.57 Å². The predicted molar refractivity (Wildman–Crippen MR) is 121 cm³/mol. The topological polar surface area (TPSA) is 75.5 Å². The highest BCUT2D eigenvalue weighted by Gasteiger charge is 2.23. The van der Waals surface area contributed by atoms with E-state index in [2.05, 4.69) is 16.4 Å². The second-order valence-corrected chi connectivity index (χ2v) is 7.57. The van der Waals surface area contributed by atoms with E-state index in [1.807, 2.05) is 48.5 Å². The number of hydrogen-bond acceptors (Lipinski definition) is 6. The van der Waals surface area contributed by atoms with Gasteiger partial charge in [0.1, 0.15) is 11.5 Å². The number of esters is 1. The highest BCUT2D eigenvalue weighted by Crippen LogP contribution is 2.30. The van der Waals surface area contributed by atoms with Crippen LogP contribution in [0.3, 0.4) is 0 Å². The lowest BCUT2D eigenvalue weighted by molar-refractivity contribution is 0.0516. The maximum Gasteiger partial charge on any atom is 0.364 e. The molecule has 0 spiro atoms. The Morgan fingerprint density at radius 1 is 1.03 bits per heavy atom. The molecule has 0 radical (unpaired) electrons. The van der Waals surface area contributed by atoms with Crippen molar-refractivity contribution < 1.29 is 19.0 Å². The fourth-order valence-corrected chi connectivity index (χ4v) is 3.69. The van der Waals surface area contributed by atoms with Crippen molar-refractivity contribution in [3.05, 3.63) is 71.4 Å². The molecule has 0 bridgehead atoms. The quantitative estimate of drug-likeness (QED) is 0.451. The minimum atomic E-state index is -0.563. The van der Waals surface area contributed by atoms with Crippen LogP contribution in [0.4, 0.5) is 0 Å². The van der Waals surface area contributed by atoms with Gasteiger partial charge in [0, 0.05) is 0 Å². The molecule has 0 aliphatic heterocycles. The van der Waals surface area contributed by atoms with Crippen LogP contribution in [0.1, 0.15) is 54.2 Å². The van der Waals surface area contributed by atoms with E-state index in [1.54, 1.807) is 18.7 Å². The van der Waals surface area contributed by atoms with E-state index in [9.17, 15) is 4.79 Å². The molecule has 0 N–H and O–H groups in total. The Labute approximate surface area is 187 Å². The summed E-state index contributed by atoms with van der Waals surface area (Å²) >= 11 is 0. The van der Waals surface area contributed by atoms with Crippen molar-refractivity contribution in [2.45, 2.75) is 39.2 Å².